The molecule has 0 aromatic carbocycles. The minimum Gasteiger partial charge on any atom is -0.388 e. The maximum absolute atomic E-state index is 8.87. The Morgan fingerprint density at radius 1 is 1.78 bits per heavy atom. The molecule has 0 saturated carbocycles. The first kappa shape index (κ1) is 8.19. The molecule has 0 aromatic rings. The zero-order valence-corrected chi connectivity index (χ0v) is 5.54. The summed E-state index contributed by atoms with van der Waals surface area (Å²) in [4.78, 5) is 0. The third kappa shape index (κ3) is 5.05. The summed E-state index contributed by atoms with van der Waals surface area (Å²) in [5.41, 5.74) is 0. The van der Waals surface area contributed by atoms with Crippen molar-refractivity contribution in [1.82, 2.24) is 0 Å². The average molecular weight is 125 g/mol. The Hall–Kier alpha value is -0.810. The van der Waals surface area contributed by atoms with Gasteiger partial charge in [0.2, 0.25) is 0 Å². The molecular formula is C7H11NO. The molecule has 0 aromatic heterocycles. The number of hydrogen-bond acceptors (Lipinski definition) is 2. The fourth-order valence-electron chi connectivity index (χ4n) is 0.455. The van der Waals surface area contributed by atoms with E-state index in [0.717, 1.165) is 6.42 Å². The van der Waals surface area contributed by atoms with E-state index >= 15 is 0 Å². The van der Waals surface area contributed by atoms with Crippen LogP contribution in [0.3, 0.4) is 0 Å². The molecule has 50 valence electrons. The highest BCUT2D eigenvalue weighted by molar-refractivity contribution is 4.92. The Labute approximate surface area is 55.4 Å². The molecule has 1 unspecified atom stereocenters. The van der Waals surface area contributed by atoms with E-state index in [-0.39, 0.29) is 6.42 Å². The van der Waals surface area contributed by atoms with Gasteiger partial charge < -0.3 is 5.11 Å². The summed E-state index contributed by atoms with van der Waals surface area (Å²) in [5, 5.41) is 17.0. The van der Waals surface area contributed by atoms with E-state index in [1.807, 2.05) is 19.1 Å². The molecular weight excluding hydrogens is 114 g/mol. The molecule has 0 rings (SSSR count). The number of aliphatic hydroxyl groups excluding tert-OH is 1. The van der Waals surface area contributed by atoms with Crippen LogP contribution in [0.15, 0.2) is 12.2 Å². The predicted octanol–water partition coefficient (Wildman–Crippen LogP) is 1.23. The maximum atomic E-state index is 8.87. The van der Waals surface area contributed by atoms with Crippen LogP contribution in [0.4, 0.5) is 0 Å². The molecule has 1 N–H and O–H groups in total. The van der Waals surface area contributed by atoms with Gasteiger partial charge in [0.05, 0.1) is 18.6 Å². The third-order valence-electron chi connectivity index (χ3n) is 0.894. The van der Waals surface area contributed by atoms with Crippen LogP contribution in [0, 0.1) is 11.3 Å². The average Bonchev–Trinajstić information content (AvgIpc) is 1.85. The highest BCUT2D eigenvalue weighted by Crippen LogP contribution is 1.92. The molecule has 2 heteroatoms. The minimum absolute atomic E-state index is 0.191. The molecule has 0 aliphatic carbocycles. The van der Waals surface area contributed by atoms with Crippen molar-refractivity contribution in [2.45, 2.75) is 25.9 Å². The zero-order valence-electron chi connectivity index (χ0n) is 5.54. The van der Waals surface area contributed by atoms with Gasteiger partial charge in [0.1, 0.15) is 0 Å². The van der Waals surface area contributed by atoms with Crippen LogP contribution < -0.4 is 0 Å². The summed E-state index contributed by atoms with van der Waals surface area (Å²) < 4.78 is 0. The summed E-state index contributed by atoms with van der Waals surface area (Å²) in [7, 11) is 0. The Kier molecular flexibility index (Phi) is 4.85. The van der Waals surface area contributed by atoms with E-state index in [1.165, 1.54) is 0 Å². The molecule has 0 heterocycles. The second kappa shape index (κ2) is 5.33. The highest BCUT2D eigenvalue weighted by Gasteiger charge is 1.93. The van der Waals surface area contributed by atoms with E-state index in [9.17, 15) is 0 Å². The molecule has 9 heavy (non-hydrogen) atoms. The van der Waals surface area contributed by atoms with Crippen LogP contribution in [-0.4, -0.2) is 11.2 Å². The Balaban J connectivity index is 3.39. The Morgan fingerprint density at radius 3 is 2.89 bits per heavy atom. The van der Waals surface area contributed by atoms with Gasteiger partial charge in [-0.15, -0.1) is 0 Å². The summed E-state index contributed by atoms with van der Waals surface area (Å²) in [6, 6.07) is 1.88. The lowest BCUT2D eigenvalue weighted by Crippen LogP contribution is -1.98. The monoisotopic (exact) mass is 125 g/mol. The summed E-state index contributed by atoms with van der Waals surface area (Å²) >= 11 is 0. The molecule has 1 atom stereocenters. The van der Waals surface area contributed by atoms with E-state index < -0.39 is 6.10 Å². The van der Waals surface area contributed by atoms with Gasteiger partial charge >= 0.3 is 0 Å². The number of hydrogen-bond donors (Lipinski definition) is 1. The van der Waals surface area contributed by atoms with Crippen molar-refractivity contribution in [3.05, 3.63) is 12.2 Å². The molecule has 0 bridgehead atoms. The SMILES string of the molecule is CC/C=C/C(O)CC#N. The van der Waals surface area contributed by atoms with Gasteiger partial charge in [-0.3, -0.25) is 0 Å². The lowest BCUT2D eigenvalue weighted by atomic mass is 10.2. The number of allylic oxidation sites excluding steroid dienone is 1. The van der Waals surface area contributed by atoms with Crippen molar-refractivity contribution in [3.63, 3.8) is 0 Å². The van der Waals surface area contributed by atoms with Gasteiger partial charge in [-0.2, -0.15) is 5.26 Å². The Morgan fingerprint density at radius 2 is 2.44 bits per heavy atom. The molecule has 0 aliphatic rings. The Bertz CT molecular complexity index is 123. The van der Waals surface area contributed by atoms with Crippen LogP contribution >= 0.6 is 0 Å². The molecule has 0 fully saturated rings. The van der Waals surface area contributed by atoms with Gasteiger partial charge in [0.15, 0.2) is 0 Å². The minimum atomic E-state index is -0.574. The summed E-state index contributed by atoms with van der Waals surface area (Å²) in [5.74, 6) is 0. The van der Waals surface area contributed by atoms with Crippen LogP contribution in [0.5, 0.6) is 0 Å². The molecule has 0 spiro atoms. The zero-order chi connectivity index (χ0) is 7.11. The molecule has 0 radical (unpaired) electrons. The van der Waals surface area contributed by atoms with Crippen LogP contribution in [0.25, 0.3) is 0 Å². The van der Waals surface area contributed by atoms with Gasteiger partial charge in [0.25, 0.3) is 0 Å². The van der Waals surface area contributed by atoms with Gasteiger partial charge in [-0.25, -0.2) is 0 Å². The lowest BCUT2D eigenvalue weighted by Gasteiger charge is -1.94. The van der Waals surface area contributed by atoms with Crippen molar-refractivity contribution >= 4 is 0 Å². The molecule has 0 saturated heterocycles. The second-order valence-corrected chi connectivity index (χ2v) is 1.77. The smallest absolute Gasteiger partial charge is 0.0850 e. The lowest BCUT2D eigenvalue weighted by molar-refractivity contribution is 0.228. The van der Waals surface area contributed by atoms with E-state index in [2.05, 4.69) is 0 Å². The third-order valence-corrected chi connectivity index (χ3v) is 0.894. The topological polar surface area (TPSA) is 44.0 Å². The van der Waals surface area contributed by atoms with E-state index in [1.54, 1.807) is 6.08 Å². The standard InChI is InChI=1S/C7H11NO/c1-2-3-4-7(9)5-6-8/h3-4,7,9H,2,5H2,1H3/b4-3+. The van der Waals surface area contributed by atoms with Gasteiger partial charge in [-0.1, -0.05) is 19.1 Å². The molecule has 0 aliphatic heterocycles. The maximum Gasteiger partial charge on any atom is 0.0850 e. The van der Waals surface area contributed by atoms with E-state index in [4.69, 9.17) is 10.4 Å². The highest BCUT2D eigenvalue weighted by atomic mass is 16.3. The quantitative estimate of drug-likeness (QED) is 0.576. The number of aliphatic hydroxyl groups is 1. The van der Waals surface area contributed by atoms with Crippen molar-refractivity contribution in [2.75, 3.05) is 0 Å². The first-order chi connectivity index (χ1) is 4.31. The van der Waals surface area contributed by atoms with Crippen LogP contribution in [0.1, 0.15) is 19.8 Å². The van der Waals surface area contributed by atoms with E-state index in [0.29, 0.717) is 0 Å². The van der Waals surface area contributed by atoms with Gasteiger partial charge in [-0.05, 0) is 6.42 Å². The second-order valence-electron chi connectivity index (χ2n) is 1.77. The predicted molar refractivity (Wildman–Crippen MR) is 35.7 cm³/mol. The van der Waals surface area contributed by atoms with Crippen molar-refractivity contribution in [2.24, 2.45) is 0 Å². The van der Waals surface area contributed by atoms with Crippen molar-refractivity contribution in [1.29, 1.82) is 5.26 Å². The van der Waals surface area contributed by atoms with Gasteiger partial charge in [0, 0.05) is 0 Å². The number of nitriles is 1. The molecule has 2 nitrogen and oxygen atoms in total. The largest absolute Gasteiger partial charge is 0.388 e. The first-order valence-electron chi connectivity index (χ1n) is 3.03. The normalized spacial score (nSPS) is 13.4. The first-order valence-corrected chi connectivity index (χ1v) is 3.03. The fourth-order valence-corrected chi connectivity index (χ4v) is 0.455. The number of rotatable bonds is 3. The number of nitrogens with zero attached hydrogens (tertiary/aromatic N) is 1. The summed E-state index contributed by atoms with van der Waals surface area (Å²) in [6.07, 6.45) is 4.01. The molecule has 0 amide bonds. The van der Waals surface area contributed by atoms with Crippen molar-refractivity contribution < 1.29 is 5.11 Å². The van der Waals surface area contributed by atoms with Crippen LogP contribution in [-0.2, 0) is 0 Å². The van der Waals surface area contributed by atoms with Crippen LogP contribution in [0.2, 0.25) is 0 Å². The summed E-state index contributed by atoms with van der Waals surface area (Å²) in [6.45, 7) is 1.98. The van der Waals surface area contributed by atoms with Crippen molar-refractivity contribution in [3.8, 4) is 6.07 Å². The fraction of sp³-hybridized carbons (Fsp3) is 0.571.